The maximum Gasteiger partial charge on any atom is 0.425 e. The van der Waals surface area contributed by atoms with Gasteiger partial charge in [-0.15, -0.1) is 0 Å². The van der Waals surface area contributed by atoms with E-state index in [2.05, 4.69) is 0 Å². The fourth-order valence-electron chi connectivity index (χ4n) is 6.39. The van der Waals surface area contributed by atoms with Crippen LogP contribution in [-0.4, -0.2) is 44.7 Å². The number of aliphatic hydroxyl groups is 2. The predicted molar refractivity (Wildman–Crippen MR) is 185 cm³/mol. The monoisotopic (exact) mass is 777 g/mol. The molecule has 2 aliphatic carbocycles. The van der Waals surface area contributed by atoms with E-state index in [1.165, 1.54) is 42.0 Å². The van der Waals surface area contributed by atoms with Crippen LogP contribution < -0.4 is 5.73 Å². The van der Waals surface area contributed by atoms with Crippen molar-refractivity contribution >= 4 is 35.1 Å². The van der Waals surface area contributed by atoms with E-state index >= 15 is 0 Å². The molecule has 276 valence electrons. The average Bonchev–Trinajstić information content (AvgIpc) is 3.51. The number of halogens is 8. The van der Waals surface area contributed by atoms with Gasteiger partial charge in [-0.2, -0.15) is 26.3 Å². The summed E-state index contributed by atoms with van der Waals surface area (Å²) in [5.74, 6) is -2.83. The first-order valence-electron chi connectivity index (χ1n) is 15.4. The molecule has 0 saturated heterocycles. The minimum absolute atomic E-state index is 0.0337. The second kappa shape index (κ2) is 14.1. The number of carboxylic acid groups (broad SMARTS) is 2. The highest BCUT2D eigenvalue weighted by Crippen LogP contribution is 2.57. The van der Waals surface area contributed by atoms with Crippen molar-refractivity contribution in [1.29, 1.82) is 0 Å². The SMILES string of the molecule is C[C@H](N)c1ccccc1.O=C(O)c1cc(Cl)cc2c1-c1ccccc1C2(O)C(F)(F)F.O=C(O)c1cc(Cl)cc2c1-c1ccccc1C2(O)C(F)(F)F. The Labute approximate surface area is 307 Å². The van der Waals surface area contributed by atoms with Gasteiger partial charge in [-0.1, -0.05) is 102 Å². The molecule has 0 fully saturated rings. The van der Waals surface area contributed by atoms with Crippen LogP contribution >= 0.6 is 23.2 Å². The lowest BCUT2D eigenvalue weighted by Gasteiger charge is -2.28. The number of nitrogens with two attached hydrogens (primary N) is 1. The Balaban J connectivity index is 0.000000167. The quantitative estimate of drug-likeness (QED) is 0.115. The molecule has 6 N–H and O–H groups in total. The zero-order chi connectivity index (χ0) is 39.3. The summed E-state index contributed by atoms with van der Waals surface area (Å²) < 4.78 is 81.2. The number of fused-ring (bicyclic) bond motifs is 6. The van der Waals surface area contributed by atoms with Gasteiger partial charge in [-0.05, 0) is 47.9 Å². The molecule has 0 bridgehead atoms. The Morgan fingerprint density at radius 2 is 0.943 bits per heavy atom. The van der Waals surface area contributed by atoms with Crippen LogP contribution in [0.15, 0.2) is 103 Å². The fraction of sp³-hybridized carbons (Fsp3) is 0.158. The lowest BCUT2D eigenvalue weighted by molar-refractivity contribution is -0.247. The maximum atomic E-state index is 13.5. The summed E-state index contributed by atoms with van der Waals surface area (Å²) in [6.45, 7) is 1.98. The van der Waals surface area contributed by atoms with E-state index < -0.39 is 57.7 Å². The zero-order valence-corrected chi connectivity index (χ0v) is 28.6. The minimum atomic E-state index is -5.02. The van der Waals surface area contributed by atoms with Gasteiger partial charge in [-0.25, -0.2) is 9.59 Å². The average molecular weight is 779 g/mol. The molecule has 0 amide bonds. The van der Waals surface area contributed by atoms with Crippen LogP contribution in [0.3, 0.4) is 0 Å². The normalized spacial score (nSPS) is 18.6. The Morgan fingerprint density at radius 1 is 0.604 bits per heavy atom. The van der Waals surface area contributed by atoms with Gasteiger partial charge >= 0.3 is 24.3 Å². The summed E-state index contributed by atoms with van der Waals surface area (Å²) in [6.07, 6.45) is -10.0. The molecule has 0 saturated carbocycles. The van der Waals surface area contributed by atoms with Crippen LogP contribution in [-0.2, 0) is 11.2 Å². The standard InChI is InChI=1S/2C15H8ClF3O3.C8H11N/c2*16-7-5-9(13(20)21)12-8-3-1-2-4-10(8)14(22,11(12)6-7)15(17,18)19;1-7(9)8-5-3-2-4-6-8/h2*1-6,22H,(H,20,21);2-7H,9H2,1H3/t;;7-/m..0/s1. The van der Waals surface area contributed by atoms with E-state index in [-0.39, 0.29) is 49.5 Å². The number of hydrogen-bond donors (Lipinski definition) is 5. The first-order chi connectivity index (χ1) is 24.7. The number of rotatable bonds is 3. The Bertz CT molecular complexity index is 2090. The lowest BCUT2D eigenvalue weighted by atomic mass is 9.90. The van der Waals surface area contributed by atoms with Gasteiger partial charge in [0.2, 0.25) is 11.2 Å². The molecule has 3 atom stereocenters. The van der Waals surface area contributed by atoms with Crippen molar-refractivity contribution in [3.8, 4) is 22.3 Å². The van der Waals surface area contributed by atoms with Gasteiger partial charge in [0.05, 0.1) is 11.1 Å². The number of alkyl halides is 6. The van der Waals surface area contributed by atoms with E-state index in [1.54, 1.807) is 0 Å². The van der Waals surface area contributed by atoms with Crippen molar-refractivity contribution in [3.63, 3.8) is 0 Å². The summed E-state index contributed by atoms with van der Waals surface area (Å²) in [5, 5.41) is 38.9. The molecule has 0 aliphatic heterocycles. The Hall–Kier alpha value is -4.92. The number of aromatic carboxylic acids is 2. The molecule has 53 heavy (non-hydrogen) atoms. The molecule has 2 unspecified atom stereocenters. The lowest BCUT2D eigenvalue weighted by Crippen LogP contribution is -2.41. The smallest absolute Gasteiger partial charge is 0.425 e. The zero-order valence-electron chi connectivity index (χ0n) is 27.1. The van der Waals surface area contributed by atoms with Crippen LogP contribution in [0.25, 0.3) is 22.3 Å². The van der Waals surface area contributed by atoms with Crippen molar-refractivity contribution in [2.24, 2.45) is 5.73 Å². The van der Waals surface area contributed by atoms with E-state index in [0.717, 1.165) is 36.4 Å². The van der Waals surface area contributed by atoms with Gasteiger partial charge in [0.25, 0.3) is 0 Å². The summed E-state index contributed by atoms with van der Waals surface area (Å²) >= 11 is 11.5. The number of hydrogen-bond acceptors (Lipinski definition) is 5. The third-order valence-corrected chi connectivity index (χ3v) is 9.20. The molecular formula is C38H27Cl2F6NO6. The molecule has 0 spiro atoms. The van der Waals surface area contributed by atoms with E-state index in [0.29, 0.717) is 0 Å². The molecule has 0 radical (unpaired) electrons. The molecule has 5 aromatic rings. The summed E-state index contributed by atoms with van der Waals surface area (Å²) in [6, 6.07) is 24.9. The molecule has 2 aliphatic rings. The maximum absolute atomic E-state index is 13.5. The van der Waals surface area contributed by atoms with Gasteiger partial charge < -0.3 is 26.2 Å². The van der Waals surface area contributed by atoms with Gasteiger partial charge in [0, 0.05) is 49.5 Å². The molecular weight excluding hydrogens is 751 g/mol. The number of benzene rings is 5. The van der Waals surface area contributed by atoms with E-state index in [1.807, 2.05) is 37.3 Å². The minimum Gasteiger partial charge on any atom is -0.478 e. The molecule has 7 nitrogen and oxygen atoms in total. The second-order valence-electron chi connectivity index (χ2n) is 12.1. The molecule has 15 heteroatoms. The van der Waals surface area contributed by atoms with Crippen molar-refractivity contribution in [3.05, 3.63) is 152 Å². The van der Waals surface area contributed by atoms with Crippen LogP contribution in [0.5, 0.6) is 0 Å². The van der Waals surface area contributed by atoms with E-state index in [9.17, 15) is 56.4 Å². The Morgan fingerprint density at radius 3 is 1.25 bits per heavy atom. The van der Waals surface area contributed by atoms with Crippen LogP contribution in [0.4, 0.5) is 26.3 Å². The summed E-state index contributed by atoms with van der Waals surface area (Å²) in [7, 11) is 0. The van der Waals surface area contributed by atoms with Crippen molar-refractivity contribution in [2.75, 3.05) is 0 Å². The number of carboxylic acids is 2. The molecule has 5 aromatic carbocycles. The van der Waals surface area contributed by atoms with Crippen molar-refractivity contribution < 1.29 is 56.4 Å². The fourth-order valence-corrected chi connectivity index (χ4v) is 6.83. The number of carbonyl (C=O) groups is 2. The molecule has 0 heterocycles. The Kier molecular flexibility index (Phi) is 10.5. The summed E-state index contributed by atoms with van der Waals surface area (Å²) in [5.41, 5.74) is -2.70. The second-order valence-corrected chi connectivity index (χ2v) is 12.9. The third kappa shape index (κ3) is 6.75. The summed E-state index contributed by atoms with van der Waals surface area (Å²) in [4.78, 5) is 22.7. The third-order valence-electron chi connectivity index (χ3n) is 8.76. The largest absolute Gasteiger partial charge is 0.478 e. The first-order valence-corrected chi connectivity index (χ1v) is 16.1. The highest BCUT2D eigenvalue weighted by molar-refractivity contribution is 6.31. The van der Waals surface area contributed by atoms with Crippen LogP contribution in [0.1, 0.15) is 61.5 Å². The van der Waals surface area contributed by atoms with Crippen LogP contribution in [0.2, 0.25) is 10.0 Å². The predicted octanol–water partition coefficient (Wildman–Crippen LogP) is 9.34. The molecule has 7 rings (SSSR count). The van der Waals surface area contributed by atoms with Crippen molar-refractivity contribution in [1.82, 2.24) is 0 Å². The van der Waals surface area contributed by atoms with Gasteiger partial charge in [0.15, 0.2) is 0 Å². The molecule has 0 aromatic heterocycles. The highest BCUT2D eigenvalue weighted by atomic mass is 35.5. The van der Waals surface area contributed by atoms with Crippen LogP contribution in [0, 0.1) is 0 Å². The highest BCUT2D eigenvalue weighted by Gasteiger charge is 2.62. The first kappa shape index (κ1) is 39.3. The van der Waals surface area contributed by atoms with Gasteiger partial charge in [0.1, 0.15) is 0 Å². The van der Waals surface area contributed by atoms with E-state index in [4.69, 9.17) is 28.9 Å². The topological polar surface area (TPSA) is 141 Å². The van der Waals surface area contributed by atoms with Crippen molar-refractivity contribution in [2.45, 2.75) is 36.5 Å². The van der Waals surface area contributed by atoms with Gasteiger partial charge in [-0.3, -0.25) is 0 Å².